The van der Waals surface area contributed by atoms with Crippen molar-refractivity contribution in [2.75, 3.05) is 39.4 Å². The van der Waals surface area contributed by atoms with Gasteiger partial charge in [-0.15, -0.1) is 24.8 Å². The Morgan fingerprint density at radius 1 is 1.03 bits per heavy atom. The molecule has 35 heavy (non-hydrogen) atoms. The summed E-state index contributed by atoms with van der Waals surface area (Å²) in [5.74, 6) is -0.107. The molecule has 10 heteroatoms. The van der Waals surface area contributed by atoms with Gasteiger partial charge in [0, 0.05) is 50.1 Å². The quantitative estimate of drug-likeness (QED) is 0.355. The summed E-state index contributed by atoms with van der Waals surface area (Å²) >= 11 is 0. The summed E-state index contributed by atoms with van der Waals surface area (Å²) in [7, 11) is 0. The zero-order chi connectivity index (χ0) is 23.0. The second-order valence-corrected chi connectivity index (χ2v) is 7.88. The summed E-state index contributed by atoms with van der Waals surface area (Å²) in [4.78, 5) is 30.4. The van der Waals surface area contributed by atoms with Crippen LogP contribution in [0.3, 0.4) is 0 Å². The van der Waals surface area contributed by atoms with Gasteiger partial charge in [0.1, 0.15) is 0 Å². The SMILES string of the molecule is Cl.Cl.O=C(Cc1cnc(-c2ccccc2)cc1-c1cccc([N+](=O)[O-])c1)NCCN1CCOCC1. The van der Waals surface area contributed by atoms with Crippen LogP contribution in [0.5, 0.6) is 0 Å². The fourth-order valence-corrected chi connectivity index (χ4v) is 3.86. The van der Waals surface area contributed by atoms with E-state index in [0.29, 0.717) is 12.1 Å². The second kappa shape index (κ2) is 13.7. The van der Waals surface area contributed by atoms with Crippen LogP contribution in [0.2, 0.25) is 0 Å². The number of ether oxygens (including phenoxy) is 1. The average molecular weight is 519 g/mol. The minimum Gasteiger partial charge on any atom is -0.379 e. The lowest BCUT2D eigenvalue weighted by atomic mass is 9.96. The lowest BCUT2D eigenvalue weighted by Crippen LogP contribution is -2.41. The molecule has 0 radical (unpaired) electrons. The van der Waals surface area contributed by atoms with Crippen LogP contribution in [0.15, 0.2) is 66.9 Å². The molecule has 8 nitrogen and oxygen atoms in total. The summed E-state index contributed by atoms with van der Waals surface area (Å²) in [6, 6.07) is 18.1. The van der Waals surface area contributed by atoms with E-state index in [1.54, 1.807) is 12.3 Å². The Morgan fingerprint density at radius 2 is 1.74 bits per heavy atom. The van der Waals surface area contributed by atoms with Crippen molar-refractivity contribution in [2.24, 2.45) is 0 Å². The van der Waals surface area contributed by atoms with Crippen molar-refractivity contribution in [3.8, 4) is 22.4 Å². The first-order valence-electron chi connectivity index (χ1n) is 11.0. The maximum absolute atomic E-state index is 12.7. The number of aromatic nitrogens is 1. The zero-order valence-electron chi connectivity index (χ0n) is 19.1. The van der Waals surface area contributed by atoms with E-state index < -0.39 is 4.92 Å². The summed E-state index contributed by atoms with van der Waals surface area (Å²) in [6.07, 6.45) is 1.83. The Bertz CT molecular complexity index is 1130. The molecule has 0 saturated carbocycles. The molecule has 1 saturated heterocycles. The number of morpholine rings is 1. The van der Waals surface area contributed by atoms with Crippen LogP contribution in [0.25, 0.3) is 22.4 Å². The van der Waals surface area contributed by atoms with Crippen molar-refractivity contribution in [2.45, 2.75) is 6.42 Å². The molecule has 2 heterocycles. The van der Waals surface area contributed by atoms with Gasteiger partial charge in [0.25, 0.3) is 5.69 Å². The number of hydrogen-bond acceptors (Lipinski definition) is 6. The van der Waals surface area contributed by atoms with Gasteiger partial charge in [-0.25, -0.2) is 0 Å². The maximum atomic E-state index is 12.7. The third-order valence-electron chi connectivity index (χ3n) is 5.63. The second-order valence-electron chi connectivity index (χ2n) is 7.88. The molecule has 0 atom stereocenters. The number of benzene rings is 2. The first-order chi connectivity index (χ1) is 16.1. The molecule has 4 rings (SSSR count). The molecule has 186 valence electrons. The highest BCUT2D eigenvalue weighted by Crippen LogP contribution is 2.30. The van der Waals surface area contributed by atoms with Crippen molar-refractivity contribution < 1.29 is 14.5 Å². The molecule has 0 bridgehead atoms. The number of non-ortho nitro benzene ring substituents is 1. The van der Waals surface area contributed by atoms with E-state index in [1.807, 2.05) is 42.5 Å². The molecule has 2 aromatic carbocycles. The number of pyridine rings is 1. The molecule has 0 spiro atoms. The Hall–Kier alpha value is -3.04. The van der Waals surface area contributed by atoms with Gasteiger partial charge >= 0.3 is 0 Å². The van der Waals surface area contributed by atoms with E-state index in [1.165, 1.54) is 12.1 Å². The number of nitro benzene ring substituents is 1. The molecular formula is C25H28Cl2N4O4. The smallest absolute Gasteiger partial charge is 0.270 e. The molecule has 1 fully saturated rings. The van der Waals surface area contributed by atoms with Crippen LogP contribution < -0.4 is 5.32 Å². The highest BCUT2D eigenvalue weighted by atomic mass is 35.5. The lowest BCUT2D eigenvalue weighted by molar-refractivity contribution is -0.384. The first-order valence-corrected chi connectivity index (χ1v) is 11.0. The Kier molecular flexibility index (Phi) is 11.1. The Labute approximate surface area is 216 Å². The van der Waals surface area contributed by atoms with E-state index in [9.17, 15) is 14.9 Å². The monoisotopic (exact) mass is 518 g/mol. The Balaban J connectivity index is 0.00000216. The van der Waals surface area contributed by atoms with Crippen LogP contribution in [0, 0.1) is 10.1 Å². The molecule has 3 aromatic rings. The fraction of sp³-hybridized carbons (Fsp3) is 0.280. The number of nitrogens with one attached hydrogen (secondary N) is 1. The highest BCUT2D eigenvalue weighted by molar-refractivity contribution is 5.86. The molecule has 1 amide bonds. The van der Waals surface area contributed by atoms with Crippen LogP contribution in [-0.2, 0) is 16.0 Å². The van der Waals surface area contributed by atoms with Gasteiger partial charge in [-0.3, -0.25) is 24.8 Å². The molecule has 0 aliphatic carbocycles. The van der Waals surface area contributed by atoms with Gasteiger partial charge in [0.05, 0.1) is 30.3 Å². The van der Waals surface area contributed by atoms with Gasteiger partial charge in [0.2, 0.25) is 5.91 Å². The van der Waals surface area contributed by atoms with Gasteiger partial charge in [-0.1, -0.05) is 42.5 Å². The van der Waals surface area contributed by atoms with Crippen molar-refractivity contribution in [1.82, 2.24) is 15.2 Å². The van der Waals surface area contributed by atoms with Crippen LogP contribution in [0.4, 0.5) is 5.69 Å². The lowest BCUT2D eigenvalue weighted by Gasteiger charge is -2.26. The molecule has 1 aromatic heterocycles. The van der Waals surface area contributed by atoms with E-state index in [4.69, 9.17) is 4.74 Å². The predicted octanol–water partition coefficient (Wildman–Crippen LogP) is 4.16. The van der Waals surface area contributed by atoms with Gasteiger partial charge in [-0.2, -0.15) is 0 Å². The summed E-state index contributed by atoms with van der Waals surface area (Å²) in [5.41, 5.74) is 3.85. The number of halogens is 2. The van der Waals surface area contributed by atoms with Gasteiger partial charge in [0.15, 0.2) is 0 Å². The standard InChI is InChI=1S/C25H26N4O4.2ClH/c30-25(26-9-10-28-11-13-33-14-12-28)16-21-18-27-24(19-5-2-1-3-6-19)17-23(21)20-7-4-8-22(15-20)29(31)32;;/h1-8,15,17-18H,9-14,16H2,(H,26,30);2*1H. The molecular weight excluding hydrogens is 491 g/mol. The van der Waals surface area contributed by atoms with Crippen molar-refractivity contribution >= 4 is 36.4 Å². The summed E-state index contributed by atoms with van der Waals surface area (Å²) in [5, 5.41) is 14.3. The van der Waals surface area contributed by atoms with Crippen LogP contribution in [-0.4, -0.2) is 60.1 Å². The normalized spacial score (nSPS) is 13.3. The predicted molar refractivity (Wildman–Crippen MR) is 140 cm³/mol. The third-order valence-corrected chi connectivity index (χ3v) is 5.63. The number of amides is 1. The minimum absolute atomic E-state index is 0. The van der Waals surface area contributed by atoms with Crippen molar-refractivity contribution in [3.63, 3.8) is 0 Å². The molecule has 1 aliphatic rings. The van der Waals surface area contributed by atoms with Gasteiger partial charge in [-0.05, 0) is 22.8 Å². The maximum Gasteiger partial charge on any atom is 0.270 e. The number of hydrogen-bond donors (Lipinski definition) is 1. The fourth-order valence-electron chi connectivity index (χ4n) is 3.86. The Morgan fingerprint density at radius 3 is 2.46 bits per heavy atom. The van der Waals surface area contributed by atoms with E-state index in [0.717, 1.165) is 55.2 Å². The summed E-state index contributed by atoms with van der Waals surface area (Å²) in [6.45, 7) is 4.52. The molecule has 1 aliphatic heterocycles. The van der Waals surface area contributed by atoms with Crippen molar-refractivity contribution in [1.29, 1.82) is 0 Å². The number of nitrogens with zero attached hydrogens (tertiary/aromatic N) is 3. The van der Waals surface area contributed by atoms with Crippen LogP contribution in [0.1, 0.15) is 5.56 Å². The van der Waals surface area contributed by atoms with E-state index in [-0.39, 0.29) is 42.8 Å². The molecule has 0 unspecified atom stereocenters. The number of rotatable bonds is 8. The zero-order valence-corrected chi connectivity index (χ0v) is 20.7. The number of nitro groups is 1. The minimum atomic E-state index is -0.416. The van der Waals surface area contributed by atoms with Gasteiger partial charge < -0.3 is 10.1 Å². The third kappa shape index (κ3) is 7.73. The van der Waals surface area contributed by atoms with E-state index in [2.05, 4.69) is 15.2 Å². The largest absolute Gasteiger partial charge is 0.379 e. The highest BCUT2D eigenvalue weighted by Gasteiger charge is 2.16. The topological polar surface area (TPSA) is 97.6 Å². The van der Waals surface area contributed by atoms with Crippen molar-refractivity contribution in [3.05, 3.63) is 82.5 Å². The first kappa shape index (κ1) is 28.2. The number of carbonyl (C=O) groups is 1. The van der Waals surface area contributed by atoms with E-state index >= 15 is 0 Å². The average Bonchev–Trinajstić information content (AvgIpc) is 2.85. The van der Waals surface area contributed by atoms with Crippen LogP contribution >= 0.6 is 24.8 Å². The molecule has 1 N–H and O–H groups in total. The number of carbonyl (C=O) groups excluding carboxylic acids is 1. The summed E-state index contributed by atoms with van der Waals surface area (Å²) < 4.78 is 5.35.